The summed E-state index contributed by atoms with van der Waals surface area (Å²) < 4.78 is 27.0. The molecule has 2 N–H and O–H groups in total. The van der Waals surface area contributed by atoms with Crippen LogP contribution in [0.15, 0.2) is 39.5 Å². The Kier molecular flexibility index (Phi) is 7.39. The van der Waals surface area contributed by atoms with Gasteiger partial charge in [-0.3, -0.25) is 4.99 Å². The van der Waals surface area contributed by atoms with Crippen LogP contribution >= 0.6 is 22.9 Å². The quantitative estimate of drug-likeness (QED) is 0.411. The van der Waals surface area contributed by atoms with E-state index in [1.165, 1.54) is 12.1 Å². The molecule has 0 aliphatic rings. The van der Waals surface area contributed by atoms with Crippen LogP contribution in [0.5, 0.6) is 0 Å². The van der Waals surface area contributed by atoms with Crippen molar-refractivity contribution in [1.29, 1.82) is 0 Å². The topological polar surface area (TPSA) is 86.7 Å². The molecule has 1 aromatic carbocycles. The van der Waals surface area contributed by atoms with E-state index in [-0.39, 0.29) is 11.4 Å². The molecule has 26 heavy (non-hydrogen) atoms. The van der Waals surface area contributed by atoms with Gasteiger partial charge in [-0.1, -0.05) is 17.7 Å². The van der Waals surface area contributed by atoms with E-state index < -0.39 is 10.0 Å². The third-order valence-corrected chi connectivity index (χ3v) is 5.96. The minimum Gasteiger partial charge on any atom is -0.355 e. The third-order valence-electron chi connectivity index (χ3n) is 3.45. The van der Waals surface area contributed by atoms with Gasteiger partial charge in [0, 0.05) is 37.6 Å². The Balaban J connectivity index is 1.83. The predicted molar refractivity (Wildman–Crippen MR) is 106 cm³/mol. The monoisotopic (exact) mass is 415 g/mol. The SMILES string of the molecule is CN=C(NCCNS(=O)(=O)c1cccc(Cl)c1)N(C)Cc1csc(C)n1. The first-order valence-electron chi connectivity index (χ1n) is 7.90. The van der Waals surface area contributed by atoms with Gasteiger partial charge >= 0.3 is 0 Å². The number of nitrogens with zero attached hydrogens (tertiary/aromatic N) is 3. The maximum absolute atomic E-state index is 12.2. The van der Waals surface area contributed by atoms with Crippen LogP contribution in [0.4, 0.5) is 0 Å². The number of aryl methyl sites for hydroxylation is 1. The largest absolute Gasteiger partial charge is 0.355 e. The van der Waals surface area contributed by atoms with Crippen molar-refractivity contribution < 1.29 is 8.42 Å². The molecule has 0 spiro atoms. The number of aliphatic imine (C=N–C) groups is 1. The summed E-state index contributed by atoms with van der Waals surface area (Å²) in [5.74, 6) is 0.664. The Morgan fingerprint density at radius 2 is 2.15 bits per heavy atom. The number of sulfonamides is 1. The zero-order valence-electron chi connectivity index (χ0n) is 14.9. The molecule has 2 rings (SSSR count). The highest BCUT2D eigenvalue weighted by atomic mass is 35.5. The summed E-state index contributed by atoms with van der Waals surface area (Å²) in [5.41, 5.74) is 0.972. The van der Waals surface area contributed by atoms with Crippen LogP contribution in [0.2, 0.25) is 5.02 Å². The first-order valence-corrected chi connectivity index (χ1v) is 10.6. The number of thiazole rings is 1. The number of benzene rings is 1. The van der Waals surface area contributed by atoms with Crippen molar-refractivity contribution in [1.82, 2.24) is 19.9 Å². The molecule has 0 aliphatic heterocycles. The summed E-state index contributed by atoms with van der Waals surface area (Å²) >= 11 is 7.45. The highest BCUT2D eigenvalue weighted by molar-refractivity contribution is 7.89. The molecule has 0 atom stereocenters. The minimum atomic E-state index is -3.59. The lowest BCUT2D eigenvalue weighted by Gasteiger charge is -2.21. The van der Waals surface area contributed by atoms with Crippen LogP contribution in [0.25, 0.3) is 0 Å². The second-order valence-corrected chi connectivity index (χ2v) is 8.81. The lowest BCUT2D eigenvalue weighted by atomic mass is 10.4. The van der Waals surface area contributed by atoms with Crippen LogP contribution in [-0.4, -0.2) is 51.4 Å². The van der Waals surface area contributed by atoms with Crippen LogP contribution < -0.4 is 10.0 Å². The molecule has 0 unspecified atom stereocenters. The van der Waals surface area contributed by atoms with Gasteiger partial charge in [0.1, 0.15) is 0 Å². The van der Waals surface area contributed by atoms with E-state index in [1.807, 2.05) is 24.3 Å². The smallest absolute Gasteiger partial charge is 0.240 e. The number of halogens is 1. The molecule has 0 saturated heterocycles. The minimum absolute atomic E-state index is 0.144. The molecule has 7 nitrogen and oxygen atoms in total. The van der Waals surface area contributed by atoms with Gasteiger partial charge in [0.25, 0.3) is 0 Å². The fraction of sp³-hybridized carbons (Fsp3) is 0.375. The maximum Gasteiger partial charge on any atom is 0.240 e. The van der Waals surface area contributed by atoms with Crippen molar-refractivity contribution in [3.63, 3.8) is 0 Å². The second kappa shape index (κ2) is 9.31. The highest BCUT2D eigenvalue weighted by Crippen LogP contribution is 2.15. The van der Waals surface area contributed by atoms with E-state index in [4.69, 9.17) is 11.6 Å². The standard InChI is InChI=1S/C16H22ClN5O2S2/c1-12-21-14(11-25-12)10-22(3)16(18-2)19-7-8-20-26(23,24)15-6-4-5-13(17)9-15/h4-6,9,11,20H,7-8,10H2,1-3H3,(H,18,19). The molecule has 2 aromatic rings. The molecule has 0 bridgehead atoms. The van der Waals surface area contributed by atoms with Gasteiger partial charge in [0.15, 0.2) is 5.96 Å². The van der Waals surface area contributed by atoms with E-state index in [2.05, 4.69) is 20.0 Å². The van der Waals surface area contributed by atoms with Gasteiger partial charge in [-0.05, 0) is 25.1 Å². The Hall–Kier alpha value is -1.68. The Morgan fingerprint density at radius 3 is 2.77 bits per heavy atom. The van der Waals surface area contributed by atoms with Crippen molar-refractivity contribution in [2.24, 2.45) is 4.99 Å². The van der Waals surface area contributed by atoms with Crippen LogP contribution in [-0.2, 0) is 16.6 Å². The molecule has 0 amide bonds. The zero-order chi connectivity index (χ0) is 19.2. The van der Waals surface area contributed by atoms with Crippen molar-refractivity contribution >= 4 is 38.9 Å². The summed E-state index contributed by atoms with van der Waals surface area (Å²) in [7, 11) is -0.00528. The van der Waals surface area contributed by atoms with Gasteiger partial charge in [0.2, 0.25) is 10.0 Å². The first kappa shape index (κ1) is 20.6. The fourth-order valence-corrected chi connectivity index (χ4v) is 4.20. The van der Waals surface area contributed by atoms with Crippen molar-refractivity contribution in [2.45, 2.75) is 18.4 Å². The first-order chi connectivity index (χ1) is 12.3. The molecule has 0 aliphatic carbocycles. The van der Waals surface area contributed by atoms with Crippen molar-refractivity contribution in [3.8, 4) is 0 Å². The molecular weight excluding hydrogens is 394 g/mol. The summed E-state index contributed by atoms with van der Waals surface area (Å²) in [6.07, 6.45) is 0. The molecule has 1 heterocycles. The van der Waals surface area contributed by atoms with E-state index in [1.54, 1.807) is 30.5 Å². The lowest BCUT2D eigenvalue weighted by molar-refractivity contribution is 0.471. The fourth-order valence-electron chi connectivity index (χ4n) is 2.26. The second-order valence-electron chi connectivity index (χ2n) is 5.54. The van der Waals surface area contributed by atoms with Crippen molar-refractivity contribution in [2.75, 3.05) is 27.2 Å². The van der Waals surface area contributed by atoms with E-state index >= 15 is 0 Å². The van der Waals surface area contributed by atoms with Crippen LogP contribution in [0.3, 0.4) is 0 Å². The third kappa shape index (κ3) is 5.94. The molecule has 0 radical (unpaired) electrons. The van der Waals surface area contributed by atoms with Gasteiger partial charge in [-0.25, -0.2) is 18.1 Å². The van der Waals surface area contributed by atoms with Crippen LogP contribution in [0.1, 0.15) is 10.7 Å². The van der Waals surface area contributed by atoms with E-state index in [0.29, 0.717) is 24.1 Å². The Labute approximate surface area is 163 Å². The summed E-state index contributed by atoms with van der Waals surface area (Å²) in [6, 6.07) is 6.15. The molecular formula is C16H22ClN5O2S2. The Bertz CT molecular complexity index is 867. The molecule has 1 aromatic heterocycles. The van der Waals surface area contributed by atoms with Crippen LogP contribution in [0, 0.1) is 6.92 Å². The normalized spacial score (nSPS) is 12.2. The molecule has 0 fully saturated rings. The maximum atomic E-state index is 12.2. The van der Waals surface area contributed by atoms with Gasteiger partial charge in [-0.15, -0.1) is 11.3 Å². The van der Waals surface area contributed by atoms with Gasteiger partial charge in [0.05, 0.1) is 22.1 Å². The van der Waals surface area contributed by atoms with Gasteiger partial charge < -0.3 is 10.2 Å². The molecule has 10 heteroatoms. The molecule has 142 valence electrons. The number of hydrogen-bond acceptors (Lipinski definition) is 5. The number of aromatic nitrogens is 1. The number of hydrogen-bond donors (Lipinski definition) is 2. The predicted octanol–water partition coefficient (Wildman–Crippen LogP) is 2.09. The average molecular weight is 416 g/mol. The summed E-state index contributed by atoms with van der Waals surface area (Å²) in [6.45, 7) is 3.20. The highest BCUT2D eigenvalue weighted by Gasteiger charge is 2.14. The average Bonchev–Trinajstić information content (AvgIpc) is 2.99. The Morgan fingerprint density at radius 1 is 1.38 bits per heavy atom. The number of guanidine groups is 1. The van der Waals surface area contributed by atoms with Crippen molar-refractivity contribution in [3.05, 3.63) is 45.4 Å². The van der Waals surface area contributed by atoms with Gasteiger partial charge in [-0.2, -0.15) is 0 Å². The number of nitrogens with one attached hydrogen (secondary N) is 2. The van der Waals surface area contributed by atoms with E-state index in [9.17, 15) is 8.42 Å². The number of rotatable bonds is 7. The van der Waals surface area contributed by atoms with E-state index in [0.717, 1.165) is 10.7 Å². The lowest BCUT2D eigenvalue weighted by Crippen LogP contribution is -2.42. The summed E-state index contributed by atoms with van der Waals surface area (Å²) in [4.78, 5) is 10.7. The molecule has 0 saturated carbocycles. The summed E-state index contributed by atoms with van der Waals surface area (Å²) in [5, 5.41) is 6.54. The zero-order valence-corrected chi connectivity index (χ0v) is 17.2.